The first-order valence-corrected chi connectivity index (χ1v) is 9.40. The van der Waals surface area contributed by atoms with E-state index in [9.17, 15) is 13.2 Å². The van der Waals surface area contributed by atoms with Crippen molar-refractivity contribution in [2.45, 2.75) is 4.90 Å². The molecule has 6 nitrogen and oxygen atoms in total. The summed E-state index contributed by atoms with van der Waals surface area (Å²) < 4.78 is 27.5. The van der Waals surface area contributed by atoms with Gasteiger partial charge in [-0.3, -0.25) is 14.5 Å². The van der Waals surface area contributed by atoms with Gasteiger partial charge in [-0.2, -0.15) is 0 Å². The molecule has 132 valence electrons. The molecule has 8 heteroatoms. The van der Waals surface area contributed by atoms with E-state index < -0.39 is 15.9 Å². The number of carbonyl (C=O) groups is 1. The standard InChI is InChI=1S/C18H14ClN3O3S/c19-17-9-8-15(26(24,25)22-14-7-4-10-20-12-14)11-16(17)18(23)21-13-5-2-1-3-6-13/h1-12,22H,(H,21,23). The van der Waals surface area contributed by atoms with Gasteiger partial charge in [-0.15, -0.1) is 0 Å². The number of pyridine rings is 1. The first-order valence-electron chi connectivity index (χ1n) is 7.54. The first kappa shape index (κ1) is 17.9. The van der Waals surface area contributed by atoms with Crippen molar-refractivity contribution < 1.29 is 13.2 Å². The number of para-hydroxylation sites is 1. The highest BCUT2D eigenvalue weighted by Gasteiger charge is 2.19. The molecule has 3 rings (SSSR count). The normalized spacial score (nSPS) is 11.0. The fourth-order valence-electron chi connectivity index (χ4n) is 2.20. The van der Waals surface area contributed by atoms with E-state index in [1.807, 2.05) is 6.07 Å². The Morgan fingerprint density at radius 2 is 1.69 bits per heavy atom. The van der Waals surface area contributed by atoms with E-state index in [1.54, 1.807) is 36.4 Å². The molecule has 3 aromatic rings. The Hall–Kier alpha value is -2.90. The molecule has 0 aliphatic heterocycles. The van der Waals surface area contributed by atoms with Crippen molar-refractivity contribution >= 4 is 38.9 Å². The van der Waals surface area contributed by atoms with E-state index >= 15 is 0 Å². The molecule has 0 bridgehead atoms. The zero-order valence-electron chi connectivity index (χ0n) is 13.4. The van der Waals surface area contributed by atoms with Gasteiger partial charge < -0.3 is 5.32 Å². The lowest BCUT2D eigenvalue weighted by molar-refractivity contribution is 0.102. The van der Waals surface area contributed by atoms with Crippen molar-refractivity contribution in [1.29, 1.82) is 0 Å². The summed E-state index contributed by atoms with van der Waals surface area (Å²) in [4.78, 5) is 16.2. The lowest BCUT2D eigenvalue weighted by Gasteiger charge is -2.11. The molecule has 0 aliphatic rings. The maximum Gasteiger partial charge on any atom is 0.261 e. The van der Waals surface area contributed by atoms with E-state index in [0.717, 1.165) is 0 Å². The highest BCUT2D eigenvalue weighted by Crippen LogP contribution is 2.23. The van der Waals surface area contributed by atoms with Crippen LogP contribution < -0.4 is 10.0 Å². The molecule has 0 atom stereocenters. The quantitative estimate of drug-likeness (QED) is 0.697. The van der Waals surface area contributed by atoms with Gasteiger partial charge >= 0.3 is 0 Å². The van der Waals surface area contributed by atoms with Crippen molar-refractivity contribution in [3.8, 4) is 0 Å². The average Bonchev–Trinajstić information content (AvgIpc) is 2.63. The summed E-state index contributed by atoms with van der Waals surface area (Å²) in [6, 6.07) is 15.9. The van der Waals surface area contributed by atoms with Crippen molar-refractivity contribution in [3.63, 3.8) is 0 Å². The second-order valence-corrected chi connectivity index (χ2v) is 7.40. The van der Waals surface area contributed by atoms with Crippen LogP contribution in [0.5, 0.6) is 0 Å². The number of rotatable bonds is 5. The van der Waals surface area contributed by atoms with Crippen LogP contribution in [-0.2, 0) is 10.0 Å². The number of aromatic nitrogens is 1. The molecular weight excluding hydrogens is 374 g/mol. The minimum absolute atomic E-state index is 0.0598. The Balaban J connectivity index is 1.88. The summed E-state index contributed by atoms with van der Waals surface area (Å²) in [5.41, 5.74) is 0.956. The Bertz CT molecular complexity index is 1030. The molecule has 2 aromatic carbocycles. The summed E-state index contributed by atoms with van der Waals surface area (Å²) in [5, 5.41) is 2.83. The average molecular weight is 388 g/mol. The smallest absolute Gasteiger partial charge is 0.261 e. The number of amides is 1. The second kappa shape index (κ2) is 7.55. The number of anilines is 2. The van der Waals surface area contributed by atoms with Crippen molar-refractivity contribution in [3.05, 3.63) is 83.6 Å². The van der Waals surface area contributed by atoms with E-state index in [4.69, 9.17) is 11.6 Å². The van der Waals surface area contributed by atoms with Gasteiger partial charge in [0, 0.05) is 11.9 Å². The zero-order chi connectivity index (χ0) is 18.6. The lowest BCUT2D eigenvalue weighted by atomic mass is 10.2. The zero-order valence-corrected chi connectivity index (χ0v) is 15.0. The van der Waals surface area contributed by atoms with Gasteiger partial charge in [0.25, 0.3) is 15.9 Å². The van der Waals surface area contributed by atoms with Gasteiger partial charge in [-0.1, -0.05) is 29.8 Å². The van der Waals surface area contributed by atoms with Crippen LogP contribution in [0, 0.1) is 0 Å². The van der Waals surface area contributed by atoms with Crippen LogP contribution in [-0.4, -0.2) is 19.3 Å². The molecule has 0 fully saturated rings. The molecule has 26 heavy (non-hydrogen) atoms. The monoisotopic (exact) mass is 387 g/mol. The van der Waals surface area contributed by atoms with Gasteiger partial charge in [0.05, 0.1) is 27.4 Å². The number of carbonyl (C=O) groups excluding carboxylic acids is 1. The third-order valence-corrected chi connectivity index (χ3v) is 5.15. The SMILES string of the molecule is O=C(Nc1ccccc1)c1cc(S(=O)(=O)Nc2cccnc2)ccc1Cl. The molecule has 1 amide bonds. The van der Waals surface area contributed by atoms with Gasteiger partial charge in [0.2, 0.25) is 0 Å². The number of nitrogens with one attached hydrogen (secondary N) is 2. The van der Waals surface area contributed by atoms with Crippen LogP contribution in [0.25, 0.3) is 0 Å². The topological polar surface area (TPSA) is 88.2 Å². The van der Waals surface area contributed by atoms with Crippen LogP contribution in [0.4, 0.5) is 11.4 Å². The Kier molecular flexibility index (Phi) is 5.20. The molecule has 1 aromatic heterocycles. The van der Waals surface area contributed by atoms with E-state index in [0.29, 0.717) is 11.4 Å². The number of hydrogen-bond donors (Lipinski definition) is 2. The summed E-state index contributed by atoms with van der Waals surface area (Å²) in [5.74, 6) is -0.500. The third kappa shape index (κ3) is 4.19. The molecule has 0 aliphatic carbocycles. The number of benzene rings is 2. The fourth-order valence-corrected chi connectivity index (χ4v) is 3.48. The van der Waals surface area contributed by atoms with Gasteiger partial charge in [0.1, 0.15) is 0 Å². The van der Waals surface area contributed by atoms with Crippen LogP contribution in [0.2, 0.25) is 5.02 Å². The predicted octanol–water partition coefficient (Wildman–Crippen LogP) is 3.79. The molecular formula is C18H14ClN3O3S. The van der Waals surface area contributed by atoms with E-state index in [1.165, 1.54) is 30.6 Å². The highest BCUT2D eigenvalue weighted by molar-refractivity contribution is 7.92. The Morgan fingerprint density at radius 3 is 2.38 bits per heavy atom. The van der Waals surface area contributed by atoms with Crippen LogP contribution in [0.15, 0.2) is 78.0 Å². The van der Waals surface area contributed by atoms with Crippen LogP contribution >= 0.6 is 11.6 Å². The second-order valence-electron chi connectivity index (χ2n) is 5.31. The van der Waals surface area contributed by atoms with Crippen molar-refractivity contribution in [1.82, 2.24) is 4.98 Å². The molecule has 0 radical (unpaired) electrons. The number of nitrogens with zero attached hydrogens (tertiary/aromatic N) is 1. The maximum atomic E-state index is 12.5. The minimum Gasteiger partial charge on any atom is -0.322 e. The minimum atomic E-state index is -3.89. The third-order valence-electron chi connectivity index (χ3n) is 3.44. The van der Waals surface area contributed by atoms with Crippen LogP contribution in [0.1, 0.15) is 10.4 Å². The number of hydrogen-bond acceptors (Lipinski definition) is 4. The van der Waals surface area contributed by atoms with Gasteiger partial charge in [0.15, 0.2) is 0 Å². The Morgan fingerprint density at radius 1 is 0.962 bits per heavy atom. The van der Waals surface area contributed by atoms with E-state index in [2.05, 4.69) is 15.0 Å². The van der Waals surface area contributed by atoms with Gasteiger partial charge in [-0.25, -0.2) is 8.42 Å². The predicted molar refractivity (Wildman–Crippen MR) is 101 cm³/mol. The molecule has 1 heterocycles. The largest absolute Gasteiger partial charge is 0.322 e. The molecule has 2 N–H and O–H groups in total. The van der Waals surface area contributed by atoms with Crippen LogP contribution in [0.3, 0.4) is 0 Å². The lowest BCUT2D eigenvalue weighted by Crippen LogP contribution is -2.16. The summed E-state index contributed by atoms with van der Waals surface area (Å²) in [6.07, 6.45) is 2.92. The summed E-state index contributed by atoms with van der Waals surface area (Å²) in [6.45, 7) is 0. The molecule has 0 unspecified atom stereocenters. The summed E-state index contributed by atoms with van der Waals surface area (Å²) in [7, 11) is -3.89. The molecule has 0 spiro atoms. The Labute approximate surface area is 155 Å². The van der Waals surface area contributed by atoms with Crippen molar-refractivity contribution in [2.24, 2.45) is 0 Å². The highest BCUT2D eigenvalue weighted by atomic mass is 35.5. The summed E-state index contributed by atoms with van der Waals surface area (Å²) >= 11 is 6.08. The number of sulfonamides is 1. The first-order chi connectivity index (χ1) is 12.5. The molecule has 0 saturated heterocycles. The van der Waals surface area contributed by atoms with Crippen molar-refractivity contribution in [2.75, 3.05) is 10.0 Å². The number of halogens is 1. The fraction of sp³-hybridized carbons (Fsp3) is 0. The van der Waals surface area contributed by atoms with Gasteiger partial charge in [-0.05, 0) is 42.5 Å². The van der Waals surface area contributed by atoms with E-state index in [-0.39, 0.29) is 15.5 Å². The molecule has 0 saturated carbocycles. The maximum absolute atomic E-state index is 12.5.